The second kappa shape index (κ2) is 7.65. The molecule has 24 heavy (non-hydrogen) atoms. The highest BCUT2D eigenvalue weighted by Gasteiger charge is 2.31. The smallest absolute Gasteiger partial charge is 0.106 e. The molecule has 1 aromatic rings. The molecule has 2 rings (SSSR count). The number of oxime groups is 1. The Morgan fingerprint density at radius 1 is 1.25 bits per heavy atom. The van der Waals surface area contributed by atoms with Crippen molar-refractivity contribution >= 4 is 11.3 Å². The zero-order chi connectivity index (χ0) is 17.7. The Balaban J connectivity index is 2.42. The van der Waals surface area contributed by atoms with E-state index in [0.29, 0.717) is 0 Å². The third-order valence-corrected chi connectivity index (χ3v) is 4.86. The summed E-state index contributed by atoms with van der Waals surface area (Å²) in [6, 6.07) is 6.74. The molecule has 0 unspecified atom stereocenters. The Morgan fingerprint density at radius 3 is 2.67 bits per heavy atom. The summed E-state index contributed by atoms with van der Waals surface area (Å²) in [6.07, 6.45) is 10.6. The van der Waals surface area contributed by atoms with Crippen molar-refractivity contribution in [3.05, 3.63) is 64.8 Å². The number of nitrogens with zero attached hydrogens (tertiary/aromatic N) is 1. The van der Waals surface area contributed by atoms with E-state index in [9.17, 15) is 0 Å². The second-order valence-electron chi connectivity index (χ2n) is 7.11. The molecule has 0 aromatic heterocycles. The van der Waals surface area contributed by atoms with Gasteiger partial charge in [0.25, 0.3) is 0 Å². The zero-order valence-corrected chi connectivity index (χ0v) is 15.8. The van der Waals surface area contributed by atoms with Crippen molar-refractivity contribution in [3.8, 4) is 0 Å². The summed E-state index contributed by atoms with van der Waals surface area (Å²) in [5.41, 5.74) is 7.58. The Morgan fingerprint density at radius 2 is 2.00 bits per heavy atom. The van der Waals surface area contributed by atoms with Gasteiger partial charge >= 0.3 is 0 Å². The highest BCUT2D eigenvalue weighted by atomic mass is 16.6. The quantitative estimate of drug-likeness (QED) is 0.489. The summed E-state index contributed by atoms with van der Waals surface area (Å²) in [7, 11) is 1.62. The molecule has 0 spiro atoms. The van der Waals surface area contributed by atoms with E-state index in [1.807, 2.05) is 0 Å². The summed E-state index contributed by atoms with van der Waals surface area (Å²) in [6.45, 7) is 10.9. The molecule has 0 fully saturated rings. The molecule has 1 aliphatic carbocycles. The molecule has 2 nitrogen and oxygen atoms in total. The molecule has 0 amide bonds. The molecule has 0 saturated carbocycles. The maximum absolute atomic E-state index is 5.07. The van der Waals surface area contributed by atoms with Gasteiger partial charge in [-0.25, -0.2) is 0 Å². The monoisotopic (exact) mass is 323 g/mol. The average Bonchev–Trinajstić information content (AvgIpc) is 2.57. The van der Waals surface area contributed by atoms with Crippen LogP contribution >= 0.6 is 0 Å². The zero-order valence-electron chi connectivity index (χ0n) is 15.8. The lowest BCUT2D eigenvalue weighted by Crippen LogP contribution is -2.27. The molecule has 0 N–H and O–H groups in total. The fraction of sp³-hybridized carbons (Fsp3) is 0.409. The van der Waals surface area contributed by atoms with Crippen LogP contribution < -0.4 is 0 Å². The SMILES string of the molecule is C/C=C(C)/C=C/C=C(\C)c1ccc2c(c1)C(=NOC)CCC2(C)C. The Hall–Kier alpha value is -2.09. The fourth-order valence-electron chi connectivity index (χ4n) is 3.06. The van der Waals surface area contributed by atoms with Crippen LogP contribution in [-0.4, -0.2) is 12.8 Å². The van der Waals surface area contributed by atoms with Crippen LogP contribution in [0.3, 0.4) is 0 Å². The minimum Gasteiger partial charge on any atom is -0.399 e. The van der Waals surface area contributed by atoms with E-state index in [-0.39, 0.29) is 5.41 Å². The van der Waals surface area contributed by atoms with Gasteiger partial charge in [-0.1, -0.05) is 61.0 Å². The van der Waals surface area contributed by atoms with Crippen molar-refractivity contribution in [2.45, 2.75) is 52.9 Å². The summed E-state index contributed by atoms with van der Waals surface area (Å²) < 4.78 is 0. The van der Waals surface area contributed by atoms with Crippen LogP contribution in [0, 0.1) is 0 Å². The molecular weight excluding hydrogens is 294 g/mol. The van der Waals surface area contributed by atoms with E-state index in [2.05, 4.69) is 82.3 Å². The summed E-state index contributed by atoms with van der Waals surface area (Å²) >= 11 is 0. The van der Waals surface area contributed by atoms with Gasteiger partial charge in [-0.2, -0.15) is 0 Å². The minimum absolute atomic E-state index is 0.182. The van der Waals surface area contributed by atoms with Crippen LogP contribution in [0.4, 0.5) is 0 Å². The Labute approximate surface area is 146 Å². The number of hydrogen-bond donors (Lipinski definition) is 0. The van der Waals surface area contributed by atoms with Gasteiger partial charge < -0.3 is 4.84 Å². The van der Waals surface area contributed by atoms with Crippen molar-refractivity contribution in [1.82, 2.24) is 0 Å². The van der Waals surface area contributed by atoms with Gasteiger partial charge in [0, 0.05) is 5.56 Å². The second-order valence-corrected chi connectivity index (χ2v) is 7.11. The number of allylic oxidation sites excluding steroid dienone is 6. The maximum atomic E-state index is 5.07. The first-order chi connectivity index (χ1) is 11.4. The highest BCUT2D eigenvalue weighted by Crippen LogP contribution is 2.38. The van der Waals surface area contributed by atoms with Crippen LogP contribution in [0.2, 0.25) is 0 Å². The summed E-state index contributed by atoms with van der Waals surface area (Å²) in [5.74, 6) is 0. The fourth-order valence-corrected chi connectivity index (χ4v) is 3.06. The molecular formula is C22H29NO. The van der Waals surface area contributed by atoms with Crippen molar-refractivity contribution in [1.29, 1.82) is 0 Å². The molecule has 128 valence electrons. The first kappa shape index (κ1) is 18.3. The van der Waals surface area contributed by atoms with Crippen LogP contribution in [-0.2, 0) is 10.3 Å². The molecule has 0 heterocycles. The van der Waals surface area contributed by atoms with Crippen molar-refractivity contribution < 1.29 is 4.84 Å². The van der Waals surface area contributed by atoms with E-state index >= 15 is 0 Å². The average molecular weight is 323 g/mol. The topological polar surface area (TPSA) is 21.6 Å². The number of hydrogen-bond acceptors (Lipinski definition) is 2. The maximum Gasteiger partial charge on any atom is 0.106 e. The summed E-state index contributed by atoms with van der Waals surface area (Å²) in [5, 5.41) is 4.26. The van der Waals surface area contributed by atoms with Gasteiger partial charge in [-0.05, 0) is 61.8 Å². The lowest BCUT2D eigenvalue weighted by atomic mass is 9.71. The van der Waals surface area contributed by atoms with Crippen LogP contribution in [0.1, 0.15) is 64.2 Å². The lowest BCUT2D eigenvalue weighted by Gasteiger charge is -2.33. The molecule has 1 aromatic carbocycles. The third kappa shape index (κ3) is 4.05. The van der Waals surface area contributed by atoms with E-state index in [1.165, 1.54) is 27.8 Å². The van der Waals surface area contributed by atoms with Gasteiger partial charge in [-0.15, -0.1) is 0 Å². The van der Waals surface area contributed by atoms with Crippen molar-refractivity contribution in [2.75, 3.05) is 7.11 Å². The van der Waals surface area contributed by atoms with Gasteiger partial charge in [0.15, 0.2) is 0 Å². The normalized spacial score (nSPS) is 19.7. The molecule has 0 bridgehead atoms. The van der Waals surface area contributed by atoms with Crippen LogP contribution in [0.5, 0.6) is 0 Å². The van der Waals surface area contributed by atoms with Crippen LogP contribution in [0.15, 0.2) is 53.2 Å². The minimum atomic E-state index is 0.182. The Kier molecular flexibility index (Phi) is 5.82. The van der Waals surface area contributed by atoms with E-state index < -0.39 is 0 Å². The third-order valence-electron chi connectivity index (χ3n) is 4.86. The van der Waals surface area contributed by atoms with E-state index in [1.54, 1.807) is 7.11 Å². The lowest BCUT2D eigenvalue weighted by molar-refractivity contribution is 0.212. The number of fused-ring (bicyclic) bond motifs is 1. The Bertz CT molecular complexity index is 717. The van der Waals surface area contributed by atoms with E-state index in [4.69, 9.17) is 4.84 Å². The largest absolute Gasteiger partial charge is 0.399 e. The predicted molar refractivity (Wildman–Crippen MR) is 104 cm³/mol. The molecule has 1 aliphatic rings. The van der Waals surface area contributed by atoms with Crippen LogP contribution in [0.25, 0.3) is 5.57 Å². The molecule has 0 radical (unpaired) electrons. The first-order valence-corrected chi connectivity index (χ1v) is 8.62. The van der Waals surface area contributed by atoms with Gasteiger partial charge in [0.1, 0.15) is 7.11 Å². The predicted octanol–water partition coefficient (Wildman–Crippen LogP) is 6.03. The number of benzene rings is 1. The highest BCUT2D eigenvalue weighted by molar-refractivity contribution is 6.03. The van der Waals surface area contributed by atoms with E-state index in [0.717, 1.165) is 18.6 Å². The molecule has 0 aliphatic heterocycles. The van der Waals surface area contributed by atoms with Crippen molar-refractivity contribution in [3.63, 3.8) is 0 Å². The first-order valence-electron chi connectivity index (χ1n) is 8.62. The van der Waals surface area contributed by atoms with Gasteiger partial charge in [0.2, 0.25) is 0 Å². The molecule has 0 atom stereocenters. The van der Waals surface area contributed by atoms with Crippen molar-refractivity contribution in [2.24, 2.45) is 5.16 Å². The standard InChI is InChI=1S/C22H29NO/c1-7-16(2)9-8-10-17(3)18-11-12-20-19(15-18)21(23-24-6)13-14-22(20,4)5/h7-12,15H,13-14H2,1-6H3/b9-8+,16-7+,17-10+,23-21?. The molecule has 0 saturated heterocycles. The van der Waals surface area contributed by atoms with Gasteiger partial charge in [-0.3, -0.25) is 0 Å². The number of rotatable bonds is 4. The summed E-state index contributed by atoms with van der Waals surface area (Å²) in [4.78, 5) is 5.07. The molecule has 2 heteroatoms. The van der Waals surface area contributed by atoms with Gasteiger partial charge in [0.05, 0.1) is 5.71 Å².